The zero-order valence-electron chi connectivity index (χ0n) is 11.2. The van der Waals surface area contributed by atoms with E-state index in [1.54, 1.807) is 18.3 Å². The summed E-state index contributed by atoms with van der Waals surface area (Å²) in [4.78, 5) is 4.22. The lowest BCUT2D eigenvalue weighted by atomic mass is 10.1. The maximum absolute atomic E-state index is 13.1. The van der Waals surface area contributed by atoms with Crippen molar-refractivity contribution in [2.75, 3.05) is 5.32 Å². The molecule has 0 amide bonds. The smallest absolute Gasteiger partial charge is 0.354 e. The van der Waals surface area contributed by atoms with E-state index in [4.69, 9.17) is 0 Å². The summed E-state index contributed by atoms with van der Waals surface area (Å²) in [6.45, 7) is 0. The molecule has 6 heteroatoms. The molecule has 1 aromatic heterocycles. The van der Waals surface area contributed by atoms with Crippen molar-refractivity contribution in [3.05, 3.63) is 64.8 Å². The lowest BCUT2D eigenvalue weighted by molar-refractivity contribution is -0.136. The number of rotatable bonds is 2. The van der Waals surface area contributed by atoms with E-state index in [2.05, 4.69) is 26.2 Å². The molecule has 22 heavy (non-hydrogen) atoms. The molecule has 0 atom stereocenters. The Labute approximate surface area is 133 Å². The number of halogens is 4. The maximum Gasteiger partial charge on any atom is 0.418 e. The van der Waals surface area contributed by atoms with Crippen LogP contribution in [0, 0.1) is 0 Å². The molecule has 0 aliphatic rings. The minimum Gasteiger partial charge on any atom is -0.354 e. The topological polar surface area (TPSA) is 24.9 Å². The second-order valence-electron chi connectivity index (χ2n) is 4.69. The molecule has 0 unspecified atom stereocenters. The third kappa shape index (κ3) is 2.92. The van der Waals surface area contributed by atoms with Gasteiger partial charge in [0.05, 0.1) is 16.8 Å². The number of fused-ring (bicyclic) bond motifs is 1. The fourth-order valence-corrected chi connectivity index (χ4v) is 2.56. The fraction of sp³-hybridized carbons (Fsp3) is 0.0625. The molecule has 1 heterocycles. The maximum atomic E-state index is 13.1. The average molecular weight is 367 g/mol. The first-order chi connectivity index (χ1) is 10.4. The number of benzene rings is 2. The number of hydrogen-bond donors (Lipinski definition) is 1. The van der Waals surface area contributed by atoms with Crippen molar-refractivity contribution in [3.8, 4) is 0 Å². The van der Waals surface area contributed by atoms with Crippen molar-refractivity contribution in [2.24, 2.45) is 0 Å². The molecule has 1 N–H and O–H groups in total. The first-order valence-electron chi connectivity index (χ1n) is 6.43. The molecule has 3 aromatic rings. The Balaban J connectivity index is 2.08. The van der Waals surface area contributed by atoms with Crippen LogP contribution in [0.25, 0.3) is 10.9 Å². The summed E-state index contributed by atoms with van der Waals surface area (Å²) in [6, 6.07) is 12.5. The van der Waals surface area contributed by atoms with Crippen molar-refractivity contribution in [3.63, 3.8) is 0 Å². The fourth-order valence-electron chi connectivity index (χ4n) is 2.21. The lowest BCUT2D eigenvalue weighted by Gasteiger charge is -2.15. The van der Waals surface area contributed by atoms with E-state index >= 15 is 0 Å². The number of hydrogen-bond acceptors (Lipinski definition) is 2. The minimum atomic E-state index is -4.41. The molecule has 112 valence electrons. The van der Waals surface area contributed by atoms with Crippen LogP contribution in [-0.4, -0.2) is 4.98 Å². The van der Waals surface area contributed by atoms with Crippen molar-refractivity contribution in [2.45, 2.75) is 6.18 Å². The molecule has 0 saturated carbocycles. The van der Waals surface area contributed by atoms with Gasteiger partial charge in [-0.3, -0.25) is 4.98 Å². The Morgan fingerprint density at radius 3 is 2.50 bits per heavy atom. The standard InChI is InChI=1S/C16H10BrF3N2/c17-10-5-6-11-13(7-8-21-15(11)9-10)22-14-4-2-1-3-12(14)16(18,19)20/h1-9H,(H,21,22). The van der Waals surface area contributed by atoms with Gasteiger partial charge in [-0.1, -0.05) is 28.1 Å². The van der Waals surface area contributed by atoms with Gasteiger partial charge in [0.2, 0.25) is 0 Å². The average Bonchev–Trinajstić information content (AvgIpc) is 2.46. The number of nitrogens with one attached hydrogen (secondary N) is 1. The van der Waals surface area contributed by atoms with Gasteiger partial charge in [0.1, 0.15) is 0 Å². The van der Waals surface area contributed by atoms with Crippen molar-refractivity contribution >= 4 is 38.2 Å². The Bertz CT molecular complexity index is 831. The number of aromatic nitrogens is 1. The summed E-state index contributed by atoms with van der Waals surface area (Å²) in [6.07, 6.45) is -2.84. The summed E-state index contributed by atoms with van der Waals surface area (Å²) >= 11 is 3.35. The van der Waals surface area contributed by atoms with Gasteiger partial charge in [0, 0.05) is 21.7 Å². The normalized spacial score (nSPS) is 11.6. The highest BCUT2D eigenvalue weighted by Crippen LogP contribution is 2.37. The number of pyridine rings is 1. The molecular weight excluding hydrogens is 357 g/mol. The zero-order chi connectivity index (χ0) is 15.7. The number of alkyl halides is 3. The summed E-state index contributed by atoms with van der Waals surface area (Å²) in [5.41, 5.74) is 0.598. The lowest BCUT2D eigenvalue weighted by Crippen LogP contribution is -2.08. The van der Waals surface area contributed by atoms with Crippen LogP contribution < -0.4 is 5.32 Å². The first-order valence-corrected chi connectivity index (χ1v) is 7.22. The molecule has 2 nitrogen and oxygen atoms in total. The van der Waals surface area contributed by atoms with E-state index in [1.165, 1.54) is 12.1 Å². The molecule has 0 aliphatic heterocycles. The van der Waals surface area contributed by atoms with Crippen LogP contribution in [0.15, 0.2) is 59.2 Å². The van der Waals surface area contributed by atoms with Crippen LogP contribution in [0.5, 0.6) is 0 Å². The van der Waals surface area contributed by atoms with Crippen LogP contribution >= 0.6 is 15.9 Å². The molecule has 0 fully saturated rings. The largest absolute Gasteiger partial charge is 0.418 e. The van der Waals surface area contributed by atoms with Gasteiger partial charge >= 0.3 is 6.18 Å². The molecule has 2 aromatic carbocycles. The van der Waals surface area contributed by atoms with Gasteiger partial charge in [-0.15, -0.1) is 0 Å². The second kappa shape index (κ2) is 5.61. The molecular formula is C16H10BrF3N2. The quantitative estimate of drug-likeness (QED) is 0.623. The highest BCUT2D eigenvalue weighted by Gasteiger charge is 2.33. The van der Waals surface area contributed by atoms with Gasteiger partial charge in [0.15, 0.2) is 0 Å². The minimum absolute atomic E-state index is 0.0189. The van der Waals surface area contributed by atoms with Gasteiger partial charge < -0.3 is 5.32 Å². The van der Waals surface area contributed by atoms with E-state index in [-0.39, 0.29) is 5.69 Å². The second-order valence-corrected chi connectivity index (χ2v) is 5.60. The van der Waals surface area contributed by atoms with Gasteiger partial charge in [0.25, 0.3) is 0 Å². The van der Waals surface area contributed by atoms with E-state index in [9.17, 15) is 13.2 Å². The molecule has 0 radical (unpaired) electrons. The van der Waals surface area contributed by atoms with Crippen molar-refractivity contribution in [1.82, 2.24) is 4.98 Å². The summed E-state index contributed by atoms with van der Waals surface area (Å²) in [7, 11) is 0. The number of nitrogens with zero attached hydrogens (tertiary/aromatic N) is 1. The Kier molecular flexibility index (Phi) is 3.78. The van der Waals surface area contributed by atoms with Gasteiger partial charge in [-0.05, 0) is 36.4 Å². The third-order valence-corrected chi connectivity index (χ3v) is 3.70. The number of para-hydroxylation sites is 1. The third-order valence-electron chi connectivity index (χ3n) is 3.21. The van der Waals surface area contributed by atoms with Gasteiger partial charge in [-0.25, -0.2) is 0 Å². The predicted octanol–water partition coefficient (Wildman–Crippen LogP) is 5.76. The first kappa shape index (κ1) is 14.8. The predicted molar refractivity (Wildman–Crippen MR) is 84.2 cm³/mol. The Hall–Kier alpha value is -2.08. The van der Waals surface area contributed by atoms with Gasteiger partial charge in [-0.2, -0.15) is 13.2 Å². The highest BCUT2D eigenvalue weighted by molar-refractivity contribution is 9.10. The van der Waals surface area contributed by atoms with Crippen LogP contribution in [0.1, 0.15) is 5.56 Å². The van der Waals surface area contributed by atoms with Crippen LogP contribution in [0.3, 0.4) is 0 Å². The molecule has 0 bridgehead atoms. The monoisotopic (exact) mass is 366 g/mol. The SMILES string of the molecule is FC(F)(F)c1ccccc1Nc1ccnc2cc(Br)ccc12. The summed E-state index contributed by atoms with van der Waals surface area (Å²) in [5, 5.41) is 3.62. The summed E-state index contributed by atoms with van der Waals surface area (Å²) < 4.78 is 40.0. The summed E-state index contributed by atoms with van der Waals surface area (Å²) in [5.74, 6) is 0. The molecule has 0 saturated heterocycles. The molecule has 0 spiro atoms. The van der Waals surface area contributed by atoms with Crippen LogP contribution in [0.4, 0.5) is 24.5 Å². The van der Waals surface area contributed by atoms with E-state index in [0.717, 1.165) is 15.9 Å². The van der Waals surface area contributed by atoms with Crippen LogP contribution in [0.2, 0.25) is 0 Å². The molecule has 0 aliphatic carbocycles. The van der Waals surface area contributed by atoms with Crippen molar-refractivity contribution in [1.29, 1.82) is 0 Å². The highest BCUT2D eigenvalue weighted by atomic mass is 79.9. The van der Waals surface area contributed by atoms with E-state index < -0.39 is 11.7 Å². The Morgan fingerprint density at radius 2 is 1.73 bits per heavy atom. The Morgan fingerprint density at radius 1 is 0.955 bits per heavy atom. The molecule has 3 rings (SSSR count). The van der Waals surface area contributed by atoms with Crippen molar-refractivity contribution < 1.29 is 13.2 Å². The van der Waals surface area contributed by atoms with E-state index in [0.29, 0.717) is 11.2 Å². The van der Waals surface area contributed by atoms with E-state index in [1.807, 2.05) is 18.2 Å². The van der Waals surface area contributed by atoms with Crippen LogP contribution in [-0.2, 0) is 6.18 Å². The number of anilines is 2. The zero-order valence-corrected chi connectivity index (χ0v) is 12.7.